The van der Waals surface area contributed by atoms with Crippen molar-refractivity contribution in [2.24, 2.45) is 0 Å². The molecule has 100 valence electrons. The third-order valence-corrected chi connectivity index (χ3v) is 3.09. The Morgan fingerprint density at radius 1 is 1.21 bits per heavy atom. The van der Waals surface area contributed by atoms with Gasteiger partial charge >= 0.3 is 0 Å². The van der Waals surface area contributed by atoms with Gasteiger partial charge in [0, 0.05) is 11.8 Å². The molecule has 0 aliphatic heterocycles. The summed E-state index contributed by atoms with van der Waals surface area (Å²) in [6.07, 6.45) is 1.62. The molecule has 2 aromatic rings. The zero-order valence-corrected chi connectivity index (χ0v) is 10.7. The van der Waals surface area contributed by atoms with Crippen molar-refractivity contribution in [2.75, 3.05) is 12.8 Å². The fourth-order valence-corrected chi connectivity index (χ4v) is 2.14. The van der Waals surface area contributed by atoms with Crippen molar-refractivity contribution in [1.82, 2.24) is 10.3 Å². The summed E-state index contributed by atoms with van der Waals surface area (Å²) in [6.45, 7) is 1.90. The molecule has 1 unspecified atom stereocenters. The van der Waals surface area contributed by atoms with E-state index in [4.69, 9.17) is 5.73 Å². The Morgan fingerprint density at radius 2 is 1.95 bits per heavy atom. The summed E-state index contributed by atoms with van der Waals surface area (Å²) in [5.74, 6) is -1.36. The highest BCUT2D eigenvalue weighted by atomic mass is 19.2. The SMILES string of the molecule is CNC(c1ccc(F)c(F)c1)c1c(C)ccnc1N. The Balaban J connectivity index is 2.53. The van der Waals surface area contributed by atoms with Crippen LogP contribution in [0.4, 0.5) is 14.6 Å². The Labute approximate surface area is 110 Å². The molecule has 5 heteroatoms. The van der Waals surface area contributed by atoms with Gasteiger partial charge in [0.25, 0.3) is 0 Å². The third-order valence-electron chi connectivity index (χ3n) is 3.09. The van der Waals surface area contributed by atoms with Gasteiger partial charge in [-0.2, -0.15) is 0 Å². The van der Waals surface area contributed by atoms with Crippen LogP contribution in [0.5, 0.6) is 0 Å². The molecule has 0 radical (unpaired) electrons. The van der Waals surface area contributed by atoms with Crippen LogP contribution in [0.3, 0.4) is 0 Å². The van der Waals surface area contributed by atoms with E-state index < -0.39 is 11.6 Å². The fraction of sp³-hybridized carbons (Fsp3) is 0.214. The summed E-state index contributed by atoms with van der Waals surface area (Å²) in [7, 11) is 1.73. The number of aromatic nitrogens is 1. The predicted molar refractivity (Wildman–Crippen MR) is 70.6 cm³/mol. The summed E-state index contributed by atoms with van der Waals surface area (Å²) in [5, 5.41) is 3.05. The van der Waals surface area contributed by atoms with Gasteiger partial charge in [0.2, 0.25) is 0 Å². The van der Waals surface area contributed by atoms with E-state index in [1.807, 2.05) is 13.0 Å². The average molecular weight is 263 g/mol. The summed E-state index contributed by atoms with van der Waals surface area (Å²) >= 11 is 0. The number of benzene rings is 1. The van der Waals surface area contributed by atoms with Gasteiger partial charge < -0.3 is 11.1 Å². The number of anilines is 1. The van der Waals surface area contributed by atoms with E-state index in [-0.39, 0.29) is 6.04 Å². The second kappa shape index (κ2) is 5.32. The van der Waals surface area contributed by atoms with Gasteiger partial charge in [-0.05, 0) is 43.3 Å². The minimum Gasteiger partial charge on any atom is -0.383 e. The van der Waals surface area contributed by atoms with E-state index in [1.54, 1.807) is 13.2 Å². The van der Waals surface area contributed by atoms with Gasteiger partial charge in [-0.15, -0.1) is 0 Å². The minimum atomic E-state index is -0.877. The van der Waals surface area contributed by atoms with Crippen molar-refractivity contribution < 1.29 is 8.78 Å². The van der Waals surface area contributed by atoms with Crippen LogP contribution in [0.2, 0.25) is 0 Å². The summed E-state index contributed by atoms with van der Waals surface area (Å²) < 4.78 is 26.3. The average Bonchev–Trinajstić information content (AvgIpc) is 2.37. The molecule has 0 saturated carbocycles. The summed E-state index contributed by atoms with van der Waals surface area (Å²) in [4.78, 5) is 4.04. The van der Waals surface area contributed by atoms with E-state index in [2.05, 4.69) is 10.3 Å². The van der Waals surface area contributed by atoms with Crippen molar-refractivity contribution in [3.05, 3.63) is 58.8 Å². The molecule has 19 heavy (non-hydrogen) atoms. The van der Waals surface area contributed by atoms with Crippen LogP contribution in [-0.4, -0.2) is 12.0 Å². The van der Waals surface area contributed by atoms with Crippen molar-refractivity contribution in [3.63, 3.8) is 0 Å². The number of nitrogens with one attached hydrogen (secondary N) is 1. The molecule has 0 saturated heterocycles. The van der Waals surface area contributed by atoms with Crippen LogP contribution in [0.15, 0.2) is 30.5 Å². The van der Waals surface area contributed by atoms with E-state index in [1.165, 1.54) is 12.1 Å². The number of pyridine rings is 1. The molecule has 3 nitrogen and oxygen atoms in total. The van der Waals surface area contributed by atoms with Gasteiger partial charge in [0.05, 0.1) is 6.04 Å². The fourth-order valence-electron chi connectivity index (χ4n) is 2.14. The quantitative estimate of drug-likeness (QED) is 0.894. The number of rotatable bonds is 3. The molecule has 1 heterocycles. The predicted octanol–water partition coefficient (Wildman–Crippen LogP) is 2.56. The largest absolute Gasteiger partial charge is 0.383 e. The van der Waals surface area contributed by atoms with E-state index in [0.717, 1.165) is 17.2 Å². The lowest BCUT2D eigenvalue weighted by Gasteiger charge is -2.20. The maximum Gasteiger partial charge on any atom is 0.159 e. The maximum absolute atomic E-state index is 13.3. The molecular formula is C14H15F2N3. The molecule has 0 bridgehead atoms. The molecule has 1 atom stereocenters. The Kier molecular flexibility index (Phi) is 3.76. The molecule has 0 aliphatic carbocycles. The zero-order chi connectivity index (χ0) is 14.0. The van der Waals surface area contributed by atoms with Crippen LogP contribution < -0.4 is 11.1 Å². The second-order valence-electron chi connectivity index (χ2n) is 4.32. The number of hydrogen-bond acceptors (Lipinski definition) is 3. The molecule has 0 amide bonds. The molecule has 0 aliphatic rings. The Hall–Kier alpha value is -2.01. The molecule has 2 rings (SSSR count). The molecule has 1 aromatic heterocycles. The first-order valence-corrected chi connectivity index (χ1v) is 5.87. The standard InChI is InChI=1S/C14H15F2N3/c1-8-5-6-19-14(17)12(8)13(18-2)9-3-4-10(15)11(16)7-9/h3-7,13,18H,1-2H3,(H2,17,19). The van der Waals surface area contributed by atoms with Gasteiger partial charge in [-0.1, -0.05) is 6.07 Å². The van der Waals surface area contributed by atoms with E-state index >= 15 is 0 Å². The number of halogens is 2. The first kappa shape index (κ1) is 13.4. The second-order valence-corrected chi connectivity index (χ2v) is 4.32. The normalized spacial score (nSPS) is 12.4. The third kappa shape index (κ3) is 2.56. The van der Waals surface area contributed by atoms with Crippen LogP contribution >= 0.6 is 0 Å². The molecule has 3 N–H and O–H groups in total. The lowest BCUT2D eigenvalue weighted by atomic mass is 9.95. The molecular weight excluding hydrogens is 248 g/mol. The van der Waals surface area contributed by atoms with Crippen molar-refractivity contribution >= 4 is 5.82 Å². The monoisotopic (exact) mass is 263 g/mol. The lowest BCUT2D eigenvalue weighted by molar-refractivity contribution is 0.505. The summed E-state index contributed by atoms with van der Waals surface area (Å²) in [5.41, 5.74) is 8.20. The molecule has 1 aromatic carbocycles. The smallest absolute Gasteiger partial charge is 0.159 e. The zero-order valence-electron chi connectivity index (χ0n) is 10.7. The van der Waals surface area contributed by atoms with Crippen LogP contribution in [0.25, 0.3) is 0 Å². The maximum atomic E-state index is 13.3. The summed E-state index contributed by atoms with van der Waals surface area (Å²) in [6, 6.07) is 5.31. The van der Waals surface area contributed by atoms with E-state index in [9.17, 15) is 8.78 Å². The van der Waals surface area contributed by atoms with Crippen molar-refractivity contribution in [1.29, 1.82) is 0 Å². The van der Waals surface area contributed by atoms with Gasteiger partial charge in [-0.3, -0.25) is 0 Å². The number of hydrogen-bond donors (Lipinski definition) is 2. The molecule has 0 spiro atoms. The first-order chi connectivity index (χ1) is 9.04. The van der Waals surface area contributed by atoms with Crippen LogP contribution in [0.1, 0.15) is 22.7 Å². The van der Waals surface area contributed by atoms with Crippen LogP contribution in [0, 0.1) is 18.6 Å². The Bertz CT molecular complexity index is 579. The highest BCUT2D eigenvalue weighted by Gasteiger charge is 2.19. The number of nitrogens with two attached hydrogens (primary N) is 1. The first-order valence-electron chi connectivity index (χ1n) is 5.87. The Morgan fingerprint density at radius 3 is 2.53 bits per heavy atom. The molecule has 0 fully saturated rings. The van der Waals surface area contributed by atoms with Crippen LogP contribution in [-0.2, 0) is 0 Å². The lowest BCUT2D eigenvalue weighted by Crippen LogP contribution is -2.21. The van der Waals surface area contributed by atoms with Gasteiger partial charge in [0.1, 0.15) is 5.82 Å². The van der Waals surface area contributed by atoms with Crippen molar-refractivity contribution in [2.45, 2.75) is 13.0 Å². The number of nitrogen functional groups attached to an aromatic ring is 1. The highest BCUT2D eigenvalue weighted by Crippen LogP contribution is 2.28. The van der Waals surface area contributed by atoms with Gasteiger partial charge in [-0.25, -0.2) is 13.8 Å². The van der Waals surface area contributed by atoms with Gasteiger partial charge in [0.15, 0.2) is 11.6 Å². The number of nitrogens with zero attached hydrogens (tertiary/aromatic N) is 1. The highest BCUT2D eigenvalue weighted by molar-refractivity contribution is 5.49. The van der Waals surface area contributed by atoms with E-state index in [0.29, 0.717) is 11.4 Å². The van der Waals surface area contributed by atoms with Crippen molar-refractivity contribution in [3.8, 4) is 0 Å². The topological polar surface area (TPSA) is 50.9 Å². The number of aryl methyl sites for hydroxylation is 1. The minimum absolute atomic E-state index is 0.330.